The average molecular weight is 273 g/mol. The molecule has 19 heavy (non-hydrogen) atoms. The van der Waals surface area contributed by atoms with Gasteiger partial charge in [-0.3, -0.25) is 0 Å². The number of aromatic nitrogens is 3. The number of aromatic amines is 1. The first kappa shape index (κ1) is 11.9. The van der Waals surface area contributed by atoms with E-state index >= 15 is 0 Å². The third-order valence-corrected chi connectivity index (χ3v) is 4.18. The van der Waals surface area contributed by atoms with E-state index in [4.69, 9.17) is 5.11 Å². The minimum atomic E-state index is -0.985. The van der Waals surface area contributed by atoms with Crippen molar-refractivity contribution in [1.82, 2.24) is 15.0 Å². The second kappa shape index (κ2) is 4.17. The van der Waals surface area contributed by atoms with Gasteiger partial charge in [0.25, 0.3) is 0 Å². The zero-order valence-corrected chi connectivity index (χ0v) is 11.2. The molecule has 0 aliphatic rings. The molecule has 3 rings (SSSR count). The van der Waals surface area contributed by atoms with Crippen LogP contribution in [-0.4, -0.2) is 26.0 Å². The van der Waals surface area contributed by atoms with Crippen LogP contribution < -0.4 is 0 Å². The van der Waals surface area contributed by atoms with Gasteiger partial charge in [0.2, 0.25) is 0 Å². The van der Waals surface area contributed by atoms with Gasteiger partial charge in [0.15, 0.2) is 11.5 Å². The van der Waals surface area contributed by atoms with Gasteiger partial charge in [-0.2, -0.15) is 0 Å². The summed E-state index contributed by atoms with van der Waals surface area (Å²) in [6.07, 6.45) is 1.46. The molecule has 0 unspecified atom stereocenters. The summed E-state index contributed by atoms with van der Waals surface area (Å²) in [6, 6.07) is 3.51. The fraction of sp³-hybridized carbons (Fsp3) is 0.154. The number of carbonyl (C=O) groups is 1. The molecule has 0 radical (unpaired) electrons. The average Bonchev–Trinajstić information content (AvgIpc) is 2.93. The van der Waals surface area contributed by atoms with Gasteiger partial charge in [0.05, 0.1) is 16.0 Å². The lowest BCUT2D eigenvalue weighted by molar-refractivity contribution is 0.0699. The highest BCUT2D eigenvalue weighted by Gasteiger charge is 2.15. The van der Waals surface area contributed by atoms with Gasteiger partial charge >= 0.3 is 5.97 Å². The molecule has 0 saturated carbocycles. The highest BCUT2D eigenvalue weighted by Crippen LogP contribution is 2.30. The number of carboxylic acids is 1. The largest absolute Gasteiger partial charge is 0.478 e. The Hall–Kier alpha value is -2.21. The second-order valence-electron chi connectivity index (χ2n) is 4.30. The molecule has 2 N–H and O–H groups in total. The molecule has 3 heterocycles. The molecule has 96 valence electrons. The van der Waals surface area contributed by atoms with Crippen LogP contribution in [0.15, 0.2) is 18.3 Å². The SMILES string of the molecule is Cc1cc(-c2nc3nccc(C(=O)O)c3[nH]2)sc1C. The van der Waals surface area contributed by atoms with Gasteiger partial charge in [-0.1, -0.05) is 0 Å². The number of aryl methyl sites for hydroxylation is 2. The molecule has 0 atom stereocenters. The van der Waals surface area contributed by atoms with Crippen LogP contribution in [0.25, 0.3) is 21.9 Å². The number of nitrogens with one attached hydrogen (secondary N) is 1. The zero-order valence-electron chi connectivity index (χ0n) is 10.4. The monoisotopic (exact) mass is 273 g/mol. The van der Waals surface area contributed by atoms with Crippen molar-refractivity contribution in [3.8, 4) is 10.7 Å². The Morgan fingerprint density at radius 1 is 1.42 bits per heavy atom. The van der Waals surface area contributed by atoms with Crippen molar-refractivity contribution in [1.29, 1.82) is 0 Å². The molecular formula is C13H11N3O2S. The lowest BCUT2D eigenvalue weighted by Gasteiger charge is -1.93. The first-order valence-electron chi connectivity index (χ1n) is 5.71. The number of fused-ring (bicyclic) bond motifs is 1. The molecule has 0 bridgehead atoms. The standard InChI is InChI=1S/C13H11N3O2S/c1-6-5-9(19-7(6)2)11-15-10-8(13(17)18)3-4-14-12(10)16-11/h3-5H,1-2H3,(H,17,18)(H,14,15,16). The van der Waals surface area contributed by atoms with Crippen LogP contribution >= 0.6 is 11.3 Å². The molecular weight excluding hydrogens is 262 g/mol. The first-order valence-corrected chi connectivity index (χ1v) is 6.53. The summed E-state index contributed by atoms with van der Waals surface area (Å²) in [4.78, 5) is 24.9. The third kappa shape index (κ3) is 1.90. The van der Waals surface area contributed by atoms with Crippen molar-refractivity contribution in [3.63, 3.8) is 0 Å². The normalized spacial score (nSPS) is 11.1. The number of rotatable bonds is 2. The maximum absolute atomic E-state index is 11.1. The summed E-state index contributed by atoms with van der Waals surface area (Å²) in [5.41, 5.74) is 2.29. The van der Waals surface area contributed by atoms with Crippen LogP contribution in [0.3, 0.4) is 0 Å². The zero-order chi connectivity index (χ0) is 13.6. The van der Waals surface area contributed by atoms with E-state index in [9.17, 15) is 4.79 Å². The maximum atomic E-state index is 11.1. The predicted octanol–water partition coefficient (Wildman–Crippen LogP) is 3.00. The van der Waals surface area contributed by atoms with E-state index in [0.717, 1.165) is 4.88 Å². The molecule has 0 fully saturated rings. The summed E-state index contributed by atoms with van der Waals surface area (Å²) >= 11 is 1.63. The fourth-order valence-electron chi connectivity index (χ4n) is 1.90. The van der Waals surface area contributed by atoms with E-state index < -0.39 is 5.97 Å². The van der Waals surface area contributed by atoms with E-state index in [-0.39, 0.29) is 5.56 Å². The van der Waals surface area contributed by atoms with Gasteiger partial charge in [-0.15, -0.1) is 11.3 Å². The predicted molar refractivity (Wildman–Crippen MR) is 73.6 cm³/mol. The van der Waals surface area contributed by atoms with Crippen LogP contribution in [0.2, 0.25) is 0 Å². The van der Waals surface area contributed by atoms with Crippen molar-refractivity contribution >= 4 is 28.5 Å². The Balaban J connectivity index is 2.21. The van der Waals surface area contributed by atoms with E-state index in [0.29, 0.717) is 17.0 Å². The second-order valence-corrected chi connectivity index (χ2v) is 5.55. The highest BCUT2D eigenvalue weighted by atomic mass is 32.1. The Kier molecular flexibility index (Phi) is 2.60. The first-order chi connectivity index (χ1) is 9.06. The van der Waals surface area contributed by atoms with Crippen LogP contribution in [0.4, 0.5) is 0 Å². The summed E-state index contributed by atoms with van der Waals surface area (Å²) in [5.74, 6) is -0.321. The number of pyridine rings is 1. The molecule has 6 heteroatoms. The van der Waals surface area contributed by atoms with E-state index in [2.05, 4.69) is 15.0 Å². The lowest BCUT2D eigenvalue weighted by atomic mass is 10.2. The van der Waals surface area contributed by atoms with Crippen molar-refractivity contribution in [2.45, 2.75) is 13.8 Å². The van der Waals surface area contributed by atoms with Crippen molar-refractivity contribution in [3.05, 3.63) is 34.3 Å². The van der Waals surface area contributed by atoms with Crippen LogP contribution in [0.5, 0.6) is 0 Å². The molecule has 0 aliphatic carbocycles. The van der Waals surface area contributed by atoms with Gasteiger partial charge < -0.3 is 10.1 Å². The molecule has 0 aliphatic heterocycles. The van der Waals surface area contributed by atoms with E-state index in [1.54, 1.807) is 11.3 Å². The maximum Gasteiger partial charge on any atom is 0.338 e. The molecule has 5 nitrogen and oxygen atoms in total. The van der Waals surface area contributed by atoms with Gasteiger partial charge in [0.1, 0.15) is 0 Å². The molecule has 3 aromatic heterocycles. The summed E-state index contributed by atoms with van der Waals surface area (Å²) in [6.45, 7) is 4.09. The van der Waals surface area contributed by atoms with Crippen molar-refractivity contribution in [2.75, 3.05) is 0 Å². The number of hydrogen-bond donors (Lipinski definition) is 2. The quantitative estimate of drug-likeness (QED) is 0.752. The number of H-pyrrole nitrogens is 1. The summed E-state index contributed by atoms with van der Waals surface area (Å²) in [7, 11) is 0. The van der Waals surface area contributed by atoms with Crippen LogP contribution in [-0.2, 0) is 0 Å². The number of nitrogens with zero attached hydrogens (tertiary/aromatic N) is 2. The molecule has 0 saturated heterocycles. The Bertz CT molecular complexity index is 769. The minimum Gasteiger partial charge on any atom is -0.478 e. The van der Waals surface area contributed by atoms with Gasteiger partial charge in [0, 0.05) is 11.1 Å². The Labute approximate surface area is 113 Å². The van der Waals surface area contributed by atoms with E-state index in [1.807, 2.05) is 19.9 Å². The van der Waals surface area contributed by atoms with E-state index in [1.165, 1.54) is 22.7 Å². The van der Waals surface area contributed by atoms with Crippen molar-refractivity contribution < 1.29 is 9.90 Å². The molecule has 0 aromatic carbocycles. The number of carboxylic acid groups (broad SMARTS) is 1. The number of aromatic carboxylic acids is 1. The fourth-order valence-corrected chi connectivity index (χ4v) is 2.87. The smallest absolute Gasteiger partial charge is 0.338 e. The highest BCUT2D eigenvalue weighted by molar-refractivity contribution is 7.15. The number of hydrogen-bond acceptors (Lipinski definition) is 4. The Morgan fingerprint density at radius 2 is 2.21 bits per heavy atom. The summed E-state index contributed by atoms with van der Waals surface area (Å²) in [5, 5.41) is 9.14. The van der Waals surface area contributed by atoms with Crippen LogP contribution in [0.1, 0.15) is 20.8 Å². The topological polar surface area (TPSA) is 78.9 Å². The van der Waals surface area contributed by atoms with Gasteiger partial charge in [-0.05, 0) is 31.5 Å². The molecule has 0 amide bonds. The van der Waals surface area contributed by atoms with Crippen molar-refractivity contribution in [2.24, 2.45) is 0 Å². The number of thiophene rings is 1. The van der Waals surface area contributed by atoms with Gasteiger partial charge in [-0.25, -0.2) is 14.8 Å². The molecule has 3 aromatic rings. The Morgan fingerprint density at radius 3 is 2.84 bits per heavy atom. The minimum absolute atomic E-state index is 0.189. The number of imidazole rings is 1. The third-order valence-electron chi connectivity index (χ3n) is 3.02. The van der Waals surface area contributed by atoms with Crippen LogP contribution in [0, 0.1) is 13.8 Å². The molecule has 0 spiro atoms. The summed E-state index contributed by atoms with van der Waals surface area (Å²) < 4.78 is 0. The lowest BCUT2D eigenvalue weighted by Crippen LogP contribution is -1.97.